The van der Waals surface area contributed by atoms with E-state index < -0.39 is 5.97 Å². The Bertz CT molecular complexity index is 775. The molecule has 0 aliphatic carbocycles. The van der Waals surface area contributed by atoms with E-state index in [0.29, 0.717) is 28.2 Å². The molecule has 8 heteroatoms. The third-order valence-electron chi connectivity index (χ3n) is 3.92. The Morgan fingerprint density at radius 2 is 2.04 bits per heavy atom. The van der Waals surface area contributed by atoms with Crippen molar-refractivity contribution in [3.63, 3.8) is 0 Å². The molecule has 1 atom stereocenters. The van der Waals surface area contributed by atoms with Gasteiger partial charge in [0.1, 0.15) is 10.6 Å². The lowest BCUT2D eigenvalue weighted by Gasteiger charge is -2.17. The standard InChI is InChI=1S/C18H23N3O4S/c1-10(2)11(3)19-14(22)9-25-18(23)15-12(4)20-16(21-17(15)26-5)13-7-6-8-24-13/h6-8,10-11H,9H2,1-5H3,(H,19,22). The second kappa shape index (κ2) is 8.84. The molecule has 0 aromatic carbocycles. The van der Waals surface area contributed by atoms with E-state index in [-0.39, 0.29) is 24.1 Å². The van der Waals surface area contributed by atoms with Crippen LogP contribution in [0.25, 0.3) is 11.6 Å². The van der Waals surface area contributed by atoms with E-state index in [1.807, 2.05) is 27.0 Å². The number of ether oxygens (including phenoxy) is 1. The van der Waals surface area contributed by atoms with Crippen molar-refractivity contribution in [2.45, 2.75) is 38.8 Å². The maximum atomic E-state index is 12.4. The summed E-state index contributed by atoms with van der Waals surface area (Å²) in [6.45, 7) is 7.27. The first-order chi connectivity index (χ1) is 12.3. The molecular weight excluding hydrogens is 354 g/mol. The van der Waals surface area contributed by atoms with Crippen molar-refractivity contribution in [3.05, 3.63) is 29.7 Å². The molecule has 0 saturated carbocycles. The zero-order valence-electron chi connectivity index (χ0n) is 15.5. The molecule has 0 aliphatic rings. The molecule has 140 valence electrons. The molecule has 1 unspecified atom stereocenters. The number of carbonyl (C=O) groups excluding carboxylic acids is 2. The molecular formula is C18H23N3O4S. The summed E-state index contributed by atoms with van der Waals surface area (Å²) in [4.78, 5) is 33.0. The molecule has 0 radical (unpaired) electrons. The fourth-order valence-electron chi connectivity index (χ4n) is 2.11. The van der Waals surface area contributed by atoms with Crippen molar-refractivity contribution in [3.8, 4) is 11.6 Å². The van der Waals surface area contributed by atoms with Crippen molar-refractivity contribution >= 4 is 23.6 Å². The van der Waals surface area contributed by atoms with Gasteiger partial charge in [-0.15, -0.1) is 11.8 Å². The van der Waals surface area contributed by atoms with E-state index in [2.05, 4.69) is 15.3 Å². The highest BCUT2D eigenvalue weighted by Crippen LogP contribution is 2.25. The first-order valence-corrected chi connectivity index (χ1v) is 9.49. The van der Waals surface area contributed by atoms with Crippen LogP contribution in [0.15, 0.2) is 27.8 Å². The van der Waals surface area contributed by atoms with E-state index >= 15 is 0 Å². The summed E-state index contributed by atoms with van der Waals surface area (Å²) in [6, 6.07) is 3.49. The van der Waals surface area contributed by atoms with Crippen LogP contribution in [-0.4, -0.2) is 40.7 Å². The quantitative estimate of drug-likeness (QED) is 0.450. The number of aryl methyl sites for hydroxylation is 1. The second-order valence-corrected chi connectivity index (χ2v) is 6.97. The molecule has 2 heterocycles. The van der Waals surface area contributed by atoms with E-state index in [1.54, 1.807) is 19.1 Å². The minimum atomic E-state index is -0.620. The van der Waals surface area contributed by atoms with Gasteiger partial charge in [0.05, 0.1) is 12.0 Å². The predicted molar refractivity (Wildman–Crippen MR) is 99.0 cm³/mol. The van der Waals surface area contributed by atoms with Gasteiger partial charge in [-0.1, -0.05) is 13.8 Å². The van der Waals surface area contributed by atoms with Gasteiger partial charge < -0.3 is 14.5 Å². The molecule has 0 bridgehead atoms. The lowest BCUT2D eigenvalue weighted by molar-refractivity contribution is -0.125. The van der Waals surface area contributed by atoms with Gasteiger partial charge in [0.2, 0.25) is 0 Å². The van der Waals surface area contributed by atoms with Gasteiger partial charge in [0.15, 0.2) is 18.2 Å². The third-order valence-corrected chi connectivity index (χ3v) is 4.60. The highest BCUT2D eigenvalue weighted by molar-refractivity contribution is 7.98. The average Bonchev–Trinajstić information content (AvgIpc) is 3.13. The molecule has 2 rings (SSSR count). The van der Waals surface area contributed by atoms with Gasteiger partial charge in [0, 0.05) is 6.04 Å². The summed E-state index contributed by atoms with van der Waals surface area (Å²) in [5, 5.41) is 3.27. The topological polar surface area (TPSA) is 94.3 Å². The number of rotatable bonds is 7. The number of carbonyl (C=O) groups is 2. The zero-order valence-corrected chi connectivity index (χ0v) is 16.3. The first-order valence-electron chi connectivity index (χ1n) is 8.26. The zero-order chi connectivity index (χ0) is 19.3. The van der Waals surface area contributed by atoms with Gasteiger partial charge in [0.25, 0.3) is 5.91 Å². The number of thioether (sulfide) groups is 1. The number of furan rings is 1. The molecule has 1 N–H and O–H groups in total. The van der Waals surface area contributed by atoms with Crippen molar-refractivity contribution in [1.29, 1.82) is 0 Å². The molecule has 26 heavy (non-hydrogen) atoms. The van der Waals surface area contributed by atoms with Gasteiger partial charge in [-0.25, -0.2) is 14.8 Å². The molecule has 0 fully saturated rings. The SMILES string of the molecule is CSc1nc(-c2ccco2)nc(C)c1C(=O)OCC(=O)NC(C)C(C)C. The fraction of sp³-hybridized carbons (Fsp3) is 0.444. The van der Waals surface area contributed by atoms with E-state index in [4.69, 9.17) is 9.15 Å². The molecule has 2 aromatic heterocycles. The van der Waals surface area contributed by atoms with E-state index in [0.717, 1.165) is 0 Å². The van der Waals surface area contributed by atoms with Crippen molar-refractivity contribution < 1.29 is 18.7 Å². The molecule has 0 aliphatic heterocycles. The van der Waals surface area contributed by atoms with Crippen LogP contribution in [0.4, 0.5) is 0 Å². The maximum absolute atomic E-state index is 12.4. The number of hydrogen-bond acceptors (Lipinski definition) is 7. The monoisotopic (exact) mass is 377 g/mol. The maximum Gasteiger partial charge on any atom is 0.343 e. The minimum Gasteiger partial charge on any atom is -0.461 e. The van der Waals surface area contributed by atoms with Gasteiger partial charge in [-0.2, -0.15) is 0 Å². The Hall–Kier alpha value is -2.35. The Morgan fingerprint density at radius 1 is 1.31 bits per heavy atom. The van der Waals surface area contributed by atoms with Crippen LogP contribution in [0, 0.1) is 12.8 Å². The van der Waals surface area contributed by atoms with Crippen molar-refractivity contribution in [1.82, 2.24) is 15.3 Å². The van der Waals surface area contributed by atoms with Crippen LogP contribution in [0.1, 0.15) is 36.8 Å². The number of aromatic nitrogens is 2. The number of amides is 1. The van der Waals surface area contributed by atoms with Gasteiger partial charge >= 0.3 is 5.97 Å². The number of hydrogen-bond donors (Lipinski definition) is 1. The van der Waals surface area contributed by atoms with Crippen molar-refractivity contribution in [2.24, 2.45) is 5.92 Å². The Morgan fingerprint density at radius 3 is 2.62 bits per heavy atom. The predicted octanol–water partition coefficient (Wildman–Crippen LogP) is 3.08. The fourth-order valence-corrected chi connectivity index (χ4v) is 2.72. The smallest absolute Gasteiger partial charge is 0.343 e. The number of nitrogens with zero attached hydrogens (tertiary/aromatic N) is 2. The molecule has 7 nitrogen and oxygen atoms in total. The Labute approximate surface area is 156 Å². The van der Waals surface area contributed by atoms with E-state index in [1.165, 1.54) is 18.0 Å². The normalized spacial score (nSPS) is 12.1. The summed E-state index contributed by atoms with van der Waals surface area (Å²) in [7, 11) is 0. The Balaban J connectivity index is 2.12. The summed E-state index contributed by atoms with van der Waals surface area (Å²) >= 11 is 1.30. The lowest BCUT2D eigenvalue weighted by Crippen LogP contribution is -2.38. The van der Waals surface area contributed by atoms with Crippen LogP contribution in [-0.2, 0) is 9.53 Å². The minimum absolute atomic E-state index is 0.000564. The second-order valence-electron chi connectivity index (χ2n) is 6.17. The number of esters is 1. The Kier molecular flexibility index (Phi) is 6.79. The molecule has 2 aromatic rings. The summed E-state index contributed by atoms with van der Waals surface area (Å²) in [5.74, 6) is 0.256. The van der Waals surface area contributed by atoms with Crippen LogP contribution in [0.5, 0.6) is 0 Å². The summed E-state index contributed by atoms with van der Waals surface area (Å²) < 4.78 is 10.5. The average molecular weight is 377 g/mol. The largest absolute Gasteiger partial charge is 0.461 e. The molecule has 0 spiro atoms. The highest BCUT2D eigenvalue weighted by Gasteiger charge is 2.22. The number of nitrogens with one attached hydrogen (secondary N) is 1. The summed E-state index contributed by atoms with van der Waals surface area (Å²) in [6.07, 6.45) is 3.34. The molecule has 0 saturated heterocycles. The highest BCUT2D eigenvalue weighted by atomic mass is 32.2. The van der Waals surface area contributed by atoms with Crippen LogP contribution in [0.3, 0.4) is 0 Å². The van der Waals surface area contributed by atoms with Crippen LogP contribution in [0.2, 0.25) is 0 Å². The van der Waals surface area contributed by atoms with Crippen LogP contribution >= 0.6 is 11.8 Å². The van der Waals surface area contributed by atoms with Gasteiger partial charge in [-0.05, 0) is 38.2 Å². The van der Waals surface area contributed by atoms with Gasteiger partial charge in [-0.3, -0.25) is 4.79 Å². The first kappa shape index (κ1) is 20.0. The third kappa shape index (κ3) is 4.85. The molecule has 1 amide bonds. The van der Waals surface area contributed by atoms with Crippen molar-refractivity contribution in [2.75, 3.05) is 12.9 Å². The lowest BCUT2D eigenvalue weighted by atomic mass is 10.1. The van der Waals surface area contributed by atoms with Crippen LogP contribution < -0.4 is 5.32 Å². The van der Waals surface area contributed by atoms with E-state index in [9.17, 15) is 9.59 Å². The summed E-state index contributed by atoms with van der Waals surface area (Å²) in [5.41, 5.74) is 0.731.